The Hall–Kier alpha value is 0.270. The van der Waals surface area contributed by atoms with E-state index in [4.69, 9.17) is 5.73 Å². The standard InChI is InChI=1S/C11H24N2S/c1-14-10-4-8-13-7-3-2-5-11(12)6-9-13/h11H,2-10,12H2,1H3. The molecule has 84 valence electrons. The van der Waals surface area contributed by atoms with E-state index in [9.17, 15) is 0 Å². The third kappa shape index (κ3) is 5.23. The molecule has 2 N–H and O–H groups in total. The third-order valence-electron chi connectivity index (χ3n) is 2.94. The number of nitrogens with zero attached hydrogens (tertiary/aromatic N) is 1. The first-order valence-electron chi connectivity index (χ1n) is 5.80. The second kappa shape index (κ2) is 7.55. The Bertz CT molecular complexity index is 141. The molecule has 1 saturated heterocycles. The van der Waals surface area contributed by atoms with Crippen molar-refractivity contribution in [1.82, 2.24) is 4.90 Å². The maximum atomic E-state index is 5.99. The molecule has 0 spiro atoms. The van der Waals surface area contributed by atoms with Gasteiger partial charge < -0.3 is 10.6 Å². The summed E-state index contributed by atoms with van der Waals surface area (Å²) in [6.07, 6.45) is 8.60. The van der Waals surface area contributed by atoms with Gasteiger partial charge in [0.25, 0.3) is 0 Å². The molecular formula is C11H24N2S. The fourth-order valence-electron chi connectivity index (χ4n) is 2.00. The second-order valence-electron chi connectivity index (χ2n) is 4.23. The maximum absolute atomic E-state index is 5.99. The van der Waals surface area contributed by atoms with Gasteiger partial charge in [-0.3, -0.25) is 0 Å². The van der Waals surface area contributed by atoms with Crippen LogP contribution in [0.5, 0.6) is 0 Å². The molecule has 1 aliphatic heterocycles. The van der Waals surface area contributed by atoms with Crippen molar-refractivity contribution in [2.24, 2.45) is 5.73 Å². The molecule has 1 rings (SSSR count). The first kappa shape index (κ1) is 12.3. The second-order valence-corrected chi connectivity index (χ2v) is 5.22. The summed E-state index contributed by atoms with van der Waals surface area (Å²) in [5, 5.41) is 0. The molecule has 1 atom stereocenters. The van der Waals surface area contributed by atoms with Crippen molar-refractivity contribution in [3.05, 3.63) is 0 Å². The molecule has 0 aromatic rings. The van der Waals surface area contributed by atoms with Gasteiger partial charge in [-0.2, -0.15) is 11.8 Å². The number of rotatable bonds is 4. The lowest BCUT2D eigenvalue weighted by Gasteiger charge is -2.26. The highest BCUT2D eigenvalue weighted by molar-refractivity contribution is 7.98. The summed E-state index contributed by atoms with van der Waals surface area (Å²) in [6, 6.07) is 0.457. The molecule has 1 fully saturated rings. The van der Waals surface area contributed by atoms with E-state index in [2.05, 4.69) is 11.2 Å². The highest BCUT2D eigenvalue weighted by Crippen LogP contribution is 2.10. The molecule has 0 amide bonds. The average molecular weight is 216 g/mol. The van der Waals surface area contributed by atoms with Crippen LogP contribution in [0.3, 0.4) is 0 Å². The van der Waals surface area contributed by atoms with Crippen LogP contribution in [0.1, 0.15) is 32.1 Å². The number of nitrogens with two attached hydrogens (primary N) is 1. The molecule has 1 heterocycles. The number of hydrogen-bond acceptors (Lipinski definition) is 3. The van der Waals surface area contributed by atoms with Crippen molar-refractivity contribution >= 4 is 11.8 Å². The van der Waals surface area contributed by atoms with Crippen LogP contribution >= 0.6 is 11.8 Å². The number of likely N-dealkylation sites (tertiary alicyclic amines) is 1. The van der Waals surface area contributed by atoms with Crippen LogP contribution in [0.2, 0.25) is 0 Å². The van der Waals surface area contributed by atoms with Gasteiger partial charge in [-0.15, -0.1) is 0 Å². The molecule has 0 aromatic heterocycles. The molecule has 0 saturated carbocycles. The first-order chi connectivity index (χ1) is 6.83. The van der Waals surface area contributed by atoms with E-state index < -0.39 is 0 Å². The SMILES string of the molecule is CSCCCN1CCCCC(N)CC1. The van der Waals surface area contributed by atoms with Gasteiger partial charge in [0.15, 0.2) is 0 Å². The van der Waals surface area contributed by atoms with Crippen LogP contribution < -0.4 is 5.73 Å². The molecule has 0 radical (unpaired) electrons. The van der Waals surface area contributed by atoms with Gasteiger partial charge >= 0.3 is 0 Å². The van der Waals surface area contributed by atoms with Crippen LogP contribution in [-0.2, 0) is 0 Å². The van der Waals surface area contributed by atoms with Crippen molar-refractivity contribution in [3.63, 3.8) is 0 Å². The van der Waals surface area contributed by atoms with Crippen LogP contribution in [0.25, 0.3) is 0 Å². The highest BCUT2D eigenvalue weighted by atomic mass is 32.2. The van der Waals surface area contributed by atoms with Gasteiger partial charge in [0, 0.05) is 6.04 Å². The Kier molecular flexibility index (Phi) is 6.65. The summed E-state index contributed by atoms with van der Waals surface area (Å²) in [7, 11) is 0. The summed E-state index contributed by atoms with van der Waals surface area (Å²) >= 11 is 1.95. The molecular weight excluding hydrogens is 192 g/mol. The zero-order valence-electron chi connectivity index (χ0n) is 9.37. The van der Waals surface area contributed by atoms with E-state index in [1.807, 2.05) is 11.8 Å². The monoisotopic (exact) mass is 216 g/mol. The van der Waals surface area contributed by atoms with Crippen molar-refractivity contribution in [3.8, 4) is 0 Å². The van der Waals surface area contributed by atoms with Crippen LogP contribution in [-0.4, -0.2) is 42.6 Å². The fraction of sp³-hybridized carbons (Fsp3) is 1.00. The van der Waals surface area contributed by atoms with E-state index in [0.29, 0.717) is 6.04 Å². The van der Waals surface area contributed by atoms with Crippen molar-refractivity contribution in [2.75, 3.05) is 31.6 Å². The minimum atomic E-state index is 0.457. The molecule has 1 aliphatic rings. The van der Waals surface area contributed by atoms with E-state index in [1.54, 1.807) is 0 Å². The fourth-order valence-corrected chi connectivity index (χ4v) is 2.42. The third-order valence-corrected chi connectivity index (χ3v) is 3.64. The maximum Gasteiger partial charge on any atom is 0.00510 e. The largest absolute Gasteiger partial charge is 0.328 e. The molecule has 14 heavy (non-hydrogen) atoms. The van der Waals surface area contributed by atoms with Crippen LogP contribution in [0.15, 0.2) is 0 Å². The summed E-state index contributed by atoms with van der Waals surface area (Å²) in [5.41, 5.74) is 5.99. The van der Waals surface area contributed by atoms with Gasteiger partial charge in [0.2, 0.25) is 0 Å². The van der Waals surface area contributed by atoms with Gasteiger partial charge in [0.1, 0.15) is 0 Å². The minimum absolute atomic E-state index is 0.457. The Morgan fingerprint density at radius 1 is 1.29 bits per heavy atom. The lowest BCUT2D eigenvalue weighted by Crippen LogP contribution is -2.34. The van der Waals surface area contributed by atoms with Gasteiger partial charge in [-0.05, 0) is 57.3 Å². The normalized spacial score (nSPS) is 25.7. The summed E-state index contributed by atoms with van der Waals surface area (Å²) in [5.74, 6) is 1.29. The first-order valence-corrected chi connectivity index (χ1v) is 7.19. The number of hydrogen-bond donors (Lipinski definition) is 1. The lowest BCUT2D eigenvalue weighted by atomic mass is 10.0. The van der Waals surface area contributed by atoms with Gasteiger partial charge in [0.05, 0.1) is 0 Å². The van der Waals surface area contributed by atoms with Crippen LogP contribution in [0, 0.1) is 0 Å². The lowest BCUT2D eigenvalue weighted by molar-refractivity contribution is 0.239. The Labute approximate surface area is 92.6 Å². The molecule has 0 aromatic carbocycles. The Balaban J connectivity index is 2.15. The predicted molar refractivity (Wildman–Crippen MR) is 65.9 cm³/mol. The summed E-state index contributed by atoms with van der Waals surface area (Å²) in [6.45, 7) is 3.78. The highest BCUT2D eigenvalue weighted by Gasteiger charge is 2.11. The van der Waals surface area contributed by atoms with E-state index in [-0.39, 0.29) is 0 Å². The quantitative estimate of drug-likeness (QED) is 0.728. The summed E-state index contributed by atoms with van der Waals surface area (Å²) in [4.78, 5) is 2.59. The Morgan fingerprint density at radius 3 is 2.93 bits per heavy atom. The number of thioether (sulfide) groups is 1. The van der Waals surface area contributed by atoms with Gasteiger partial charge in [-0.1, -0.05) is 6.42 Å². The predicted octanol–water partition coefficient (Wildman–Crippen LogP) is 1.94. The van der Waals surface area contributed by atoms with Crippen molar-refractivity contribution in [2.45, 2.75) is 38.1 Å². The molecule has 0 bridgehead atoms. The Morgan fingerprint density at radius 2 is 2.14 bits per heavy atom. The zero-order valence-corrected chi connectivity index (χ0v) is 10.2. The average Bonchev–Trinajstić information content (AvgIpc) is 2.16. The zero-order chi connectivity index (χ0) is 10.2. The van der Waals surface area contributed by atoms with Crippen molar-refractivity contribution in [1.29, 1.82) is 0 Å². The van der Waals surface area contributed by atoms with E-state index >= 15 is 0 Å². The minimum Gasteiger partial charge on any atom is -0.328 e. The molecule has 1 unspecified atom stereocenters. The van der Waals surface area contributed by atoms with Crippen molar-refractivity contribution < 1.29 is 0 Å². The molecule has 2 nitrogen and oxygen atoms in total. The topological polar surface area (TPSA) is 29.3 Å². The smallest absolute Gasteiger partial charge is 0.00510 e. The summed E-state index contributed by atoms with van der Waals surface area (Å²) < 4.78 is 0. The van der Waals surface area contributed by atoms with Gasteiger partial charge in [-0.25, -0.2) is 0 Å². The molecule has 3 heteroatoms. The van der Waals surface area contributed by atoms with E-state index in [0.717, 1.165) is 0 Å². The molecule has 0 aliphatic carbocycles. The van der Waals surface area contributed by atoms with Crippen LogP contribution in [0.4, 0.5) is 0 Å². The van der Waals surface area contributed by atoms with E-state index in [1.165, 1.54) is 57.5 Å².